The first-order valence-corrected chi connectivity index (χ1v) is 7.67. The third-order valence-corrected chi connectivity index (χ3v) is 3.73. The third-order valence-electron chi connectivity index (χ3n) is 3.73. The molecule has 124 valence electrons. The third kappa shape index (κ3) is 3.60. The Labute approximate surface area is 138 Å². The molecule has 6 heteroatoms. The van der Waals surface area contributed by atoms with Crippen LogP contribution in [0.25, 0.3) is 11.0 Å². The SMILES string of the molecule is CO[C@@H](C(=O)NCCc1nc2ccc(F)cc2[nH]1)c1ccccc1. The number of aromatic amines is 1. The monoisotopic (exact) mass is 327 g/mol. The number of nitrogens with zero attached hydrogens (tertiary/aromatic N) is 1. The summed E-state index contributed by atoms with van der Waals surface area (Å²) in [5.74, 6) is 0.187. The maximum atomic E-state index is 13.2. The molecule has 2 aromatic carbocycles. The largest absolute Gasteiger partial charge is 0.367 e. The van der Waals surface area contributed by atoms with Gasteiger partial charge in [0, 0.05) is 20.1 Å². The number of hydrogen-bond donors (Lipinski definition) is 2. The highest BCUT2D eigenvalue weighted by Gasteiger charge is 2.19. The molecule has 24 heavy (non-hydrogen) atoms. The van der Waals surface area contributed by atoms with Crippen molar-refractivity contribution >= 4 is 16.9 Å². The van der Waals surface area contributed by atoms with Gasteiger partial charge in [0.05, 0.1) is 11.0 Å². The van der Waals surface area contributed by atoms with Crippen molar-refractivity contribution in [3.63, 3.8) is 0 Å². The summed E-state index contributed by atoms with van der Waals surface area (Å²) in [4.78, 5) is 19.7. The van der Waals surface area contributed by atoms with E-state index in [0.29, 0.717) is 29.8 Å². The van der Waals surface area contributed by atoms with Crippen molar-refractivity contribution in [2.24, 2.45) is 0 Å². The van der Waals surface area contributed by atoms with Crippen LogP contribution in [0.15, 0.2) is 48.5 Å². The molecular formula is C18H18FN3O2. The van der Waals surface area contributed by atoms with Crippen LogP contribution in [0.4, 0.5) is 4.39 Å². The molecule has 0 aliphatic rings. The summed E-state index contributed by atoms with van der Waals surface area (Å²) in [6.07, 6.45) is -0.122. The number of benzene rings is 2. The lowest BCUT2D eigenvalue weighted by Crippen LogP contribution is -2.32. The molecule has 0 spiro atoms. The first-order valence-electron chi connectivity index (χ1n) is 7.67. The zero-order valence-corrected chi connectivity index (χ0v) is 13.3. The topological polar surface area (TPSA) is 67.0 Å². The maximum Gasteiger partial charge on any atom is 0.253 e. The van der Waals surface area contributed by atoms with E-state index in [0.717, 1.165) is 5.56 Å². The van der Waals surface area contributed by atoms with Gasteiger partial charge in [0.15, 0.2) is 6.10 Å². The fourth-order valence-electron chi connectivity index (χ4n) is 2.57. The van der Waals surface area contributed by atoms with E-state index >= 15 is 0 Å². The van der Waals surface area contributed by atoms with Gasteiger partial charge >= 0.3 is 0 Å². The summed E-state index contributed by atoms with van der Waals surface area (Å²) in [6, 6.07) is 13.7. The Hall–Kier alpha value is -2.73. The number of hydrogen-bond acceptors (Lipinski definition) is 3. The van der Waals surface area contributed by atoms with Gasteiger partial charge in [-0.3, -0.25) is 4.79 Å². The van der Waals surface area contributed by atoms with E-state index in [9.17, 15) is 9.18 Å². The Bertz CT molecular complexity index is 833. The summed E-state index contributed by atoms with van der Waals surface area (Å²) in [6.45, 7) is 0.411. The predicted molar refractivity (Wildman–Crippen MR) is 89.0 cm³/mol. The summed E-state index contributed by atoms with van der Waals surface area (Å²) >= 11 is 0. The van der Waals surface area contributed by atoms with Gasteiger partial charge in [0.25, 0.3) is 5.91 Å². The van der Waals surface area contributed by atoms with Crippen molar-refractivity contribution in [2.45, 2.75) is 12.5 Å². The van der Waals surface area contributed by atoms with E-state index in [-0.39, 0.29) is 11.7 Å². The lowest BCUT2D eigenvalue weighted by atomic mass is 10.1. The molecule has 0 aliphatic carbocycles. The highest BCUT2D eigenvalue weighted by atomic mass is 19.1. The van der Waals surface area contributed by atoms with E-state index in [1.807, 2.05) is 30.3 Å². The molecule has 2 N–H and O–H groups in total. The lowest BCUT2D eigenvalue weighted by Gasteiger charge is -2.15. The van der Waals surface area contributed by atoms with E-state index in [1.54, 1.807) is 6.07 Å². The van der Waals surface area contributed by atoms with Crippen LogP contribution in [0.5, 0.6) is 0 Å². The highest BCUT2D eigenvalue weighted by molar-refractivity contribution is 5.82. The Morgan fingerprint density at radius 1 is 1.29 bits per heavy atom. The zero-order chi connectivity index (χ0) is 16.9. The molecule has 5 nitrogen and oxygen atoms in total. The summed E-state index contributed by atoms with van der Waals surface area (Å²) < 4.78 is 18.5. The molecule has 0 radical (unpaired) electrons. The van der Waals surface area contributed by atoms with Crippen molar-refractivity contribution in [3.8, 4) is 0 Å². The molecule has 1 amide bonds. The fraction of sp³-hybridized carbons (Fsp3) is 0.222. The quantitative estimate of drug-likeness (QED) is 0.731. The second kappa shape index (κ2) is 7.23. The lowest BCUT2D eigenvalue weighted by molar-refractivity contribution is -0.131. The number of H-pyrrole nitrogens is 1. The molecule has 0 aliphatic heterocycles. The number of rotatable bonds is 6. The van der Waals surface area contributed by atoms with E-state index in [4.69, 9.17) is 4.74 Å². The molecule has 1 atom stereocenters. The second-order valence-corrected chi connectivity index (χ2v) is 5.41. The van der Waals surface area contributed by atoms with Crippen molar-refractivity contribution in [1.82, 2.24) is 15.3 Å². The number of carbonyl (C=O) groups excluding carboxylic acids is 1. The molecule has 0 fully saturated rings. The van der Waals surface area contributed by atoms with Crippen molar-refractivity contribution in [3.05, 3.63) is 65.7 Å². The van der Waals surface area contributed by atoms with E-state index < -0.39 is 6.10 Å². The number of methoxy groups -OCH3 is 1. The Kier molecular flexibility index (Phi) is 4.86. The van der Waals surface area contributed by atoms with Crippen LogP contribution in [0, 0.1) is 5.82 Å². The summed E-state index contributed by atoms with van der Waals surface area (Å²) in [5.41, 5.74) is 2.16. The van der Waals surface area contributed by atoms with Crippen molar-refractivity contribution < 1.29 is 13.9 Å². The zero-order valence-electron chi connectivity index (χ0n) is 13.3. The van der Waals surface area contributed by atoms with Gasteiger partial charge in [0.2, 0.25) is 0 Å². The number of carbonyl (C=O) groups is 1. The van der Waals surface area contributed by atoms with Gasteiger partial charge in [-0.25, -0.2) is 9.37 Å². The number of ether oxygens (including phenoxy) is 1. The van der Waals surface area contributed by atoms with Crippen molar-refractivity contribution in [1.29, 1.82) is 0 Å². The van der Waals surface area contributed by atoms with Gasteiger partial charge in [0.1, 0.15) is 11.6 Å². The number of imidazole rings is 1. The van der Waals surface area contributed by atoms with Gasteiger partial charge in [-0.05, 0) is 23.8 Å². The normalized spacial score (nSPS) is 12.2. The van der Waals surface area contributed by atoms with Gasteiger partial charge in [-0.1, -0.05) is 30.3 Å². The van der Waals surface area contributed by atoms with Crippen LogP contribution in [0.1, 0.15) is 17.5 Å². The van der Waals surface area contributed by atoms with Gasteiger partial charge in [-0.2, -0.15) is 0 Å². The van der Waals surface area contributed by atoms with E-state index in [1.165, 1.54) is 19.2 Å². The van der Waals surface area contributed by atoms with Crippen LogP contribution < -0.4 is 5.32 Å². The predicted octanol–water partition coefficient (Wildman–Crippen LogP) is 2.75. The molecule has 0 bridgehead atoms. The minimum Gasteiger partial charge on any atom is -0.367 e. The number of fused-ring (bicyclic) bond motifs is 1. The molecule has 1 aromatic heterocycles. The second-order valence-electron chi connectivity index (χ2n) is 5.41. The molecule has 0 saturated heterocycles. The Morgan fingerprint density at radius 2 is 2.08 bits per heavy atom. The molecule has 3 aromatic rings. The van der Waals surface area contributed by atoms with Gasteiger partial charge < -0.3 is 15.0 Å². The summed E-state index contributed by atoms with van der Waals surface area (Å²) in [7, 11) is 1.51. The van der Waals surface area contributed by atoms with Crippen LogP contribution in [0.2, 0.25) is 0 Å². The number of aromatic nitrogens is 2. The Balaban J connectivity index is 1.59. The van der Waals surface area contributed by atoms with Crippen LogP contribution in [0.3, 0.4) is 0 Å². The van der Waals surface area contributed by atoms with Crippen molar-refractivity contribution in [2.75, 3.05) is 13.7 Å². The molecule has 1 heterocycles. The molecule has 3 rings (SSSR count). The first kappa shape index (κ1) is 16.1. The molecule has 0 unspecified atom stereocenters. The van der Waals surface area contributed by atoms with Gasteiger partial charge in [-0.15, -0.1) is 0 Å². The van der Waals surface area contributed by atoms with Crippen LogP contribution in [-0.4, -0.2) is 29.5 Å². The Morgan fingerprint density at radius 3 is 2.83 bits per heavy atom. The maximum absolute atomic E-state index is 13.2. The molecular weight excluding hydrogens is 309 g/mol. The minimum absolute atomic E-state index is 0.203. The first-order chi connectivity index (χ1) is 11.7. The molecule has 0 saturated carbocycles. The standard InChI is InChI=1S/C18H18FN3O2/c1-24-17(12-5-3-2-4-6-12)18(23)20-10-9-16-21-14-8-7-13(19)11-15(14)22-16/h2-8,11,17H,9-10H2,1H3,(H,20,23)(H,21,22)/t17-/m1/s1. The minimum atomic E-state index is -0.643. The smallest absolute Gasteiger partial charge is 0.253 e. The number of nitrogens with one attached hydrogen (secondary N) is 2. The van der Waals surface area contributed by atoms with Crippen LogP contribution >= 0.6 is 0 Å². The number of amides is 1. The fourth-order valence-corrected chi connectivity index (χ4v) is 2.57. The average molecular weight is 327 g/mol. The van der Waals surface area contributed by atoms with E-state index in [2.05, 4.69) is 15.3 Å². The summed E-state index contributed by atoms with van der Waals surface area (Å²) in [5, 5.41) is 2.84. The average Bonchev–Trinajstić information content (AvgIpc) is 2.98. The highest BCUT2D eigenvalue weighted by Crippen LogP contribution is 2.16. The van der Waals surface area contributed by atoms with Crippen LogP contribution in [-0.2, 0) is 16.0 Å². The number of halogens is 1.